The lowest BCUT2D eigenvalue weighted by molar-refractivity contribution is -0.640. The highest BCUT2D eigenvalue weighted by Crippen LogP contribution is 2.44. The molecule has 0 saturated carbocycles. The first-order valence-electron chi connectivity index (χ1n) is 40.3. The molecular formula is C88H71N18OS+5. The molecule has 0 radical (unpaired) electrons. The van der Waals surface area contributed by atoms with Crippen molar-refractivity contribution in [2.45, 2.75) is 32.7 Å². The van der Waals surface area contributed by atoms with Crippen molar-refractivity contribution in [3.63, 3.8) is 0 Å². The largest absolute Gasteiger partial charge is 0.417 e. The highest BCUT2D eigenvalue weighted by atomic mass is 32.1. The number of hydrogen-bond acceptors (Lipinski definition) is 7. The monoisotopic (exact) mass is 1440 g/mol. The maximum atomic E-state index is 8.13. The Morgan fingerprint density at radius 3 is 1.27 bits per heavy atom. The number of imidazole rings is 5. The fourth-order valence-corrected chi connectivity index (χ4v) is 19.1. The second kappa shape index (κ2) is 23.3. The Labute approximate surface area is 634 Å². The minimum atomic E-state index is -2.54. The molecule has 0 fully saturated rings. The van der Waals surface area contributed by atoms with Gasteiger partial charge in [-0.1, -0.05) is 121 Å². The van der Waals surface area contributed by atoms with E-state index < -0.39 is 20.9 Å². The smallest absolute Gasteiger partial charge is 0.339 e. The van der Waals surface area contributed by atoms with E-state index in [1.54, 1.807) is 30.9 Å². The summed E-state index contributed by atoms with van der Waals surface area (Å²) < 4.78 is 106. The first-order valence-corrected chi connectivity index (χ1v) is 36.7. The lowest BCUT2D eigenvalue weighted by atomic mass is 10.1. The maximum absolute atomic E-state index is 8.13. The molecule has 21 aromatic rings. The number of furan rings is 1. The Balaban J connectivity index is 0.0000000889. The summed E-state index contributed by atoms with van der Waals surface area (Å²) >= 11 is 1.83. The molecule has 0 amide bonds. The SMILES string of the molecule is C[n+]1c2n(c3c4ccncc4n(-c4ccccc4)c31)Cc1ccccc1-2.C[n+]1c2n(c3c4ccncc4oc31)Cc1ccccc1-2.C[n+]1c2n(c3c4ccncc4sc31)Cc1ccccc1-2.[2H]C([2H])([2H])[n+]1c2n(c3c4ccncc4n(C)c31)Cc1ccccc1-2.[2H]C([2H])([2H])n1c2cnccc2c2c1[n+](C([2H])([2H])[2H])c1n2Cc2ccccc2-1. The van der Waals surface area contributed by atoms with Crippen molar-refractivity contribution >= 4 is 120 Å². The van der Waals surface area contributed by atoms with E-state index in [1.807, 2.05) is 113 Å². The number of rotatable bonds is 1. The second-order valence-corrected chi connectivity index (χ2v) is 29.2. The van der Waals surface area contributed by atoms with Gasteiger partial charge in [-0.3, -0.25) is 34.1 Å². The van der Waals surface area contributed by atoms with Crippen molar-refractivity contribution in [3.8, 4) is 62.6 Å². The van der Waals surface area contributed by atoms with Gasteiger partial charge >= 0.3 is 5.71 Å². The van der Waals surface area contributed by atoms with Gasteiger partial charge in [0.1, 0.15) is 35.3 Å². The van der Waals surface area contributed by atoms with Crippen LogP contribution in [0, 0.1) is 0 Å². The van der Waals surface area contributed by atoms with Gasteiger partial charge in [0.2, 0.25) is 27.8 Å². The average Bonchev–Trinajstić information content (AvgIpc) is 1.52. The van der Waals surface area contributed by atoms with E-state index in [-0.39, 0.29) is 5.65 Å². The van der Waals surface area contributed by atoms with Crippen LogP contribution in [0.4, 0.5) is 0 Å². The number of nitrogens with zero attached hydrogens (tertiary/aromatic N) is 18. The van der Waals surface area contributed by atoms with Gasteiger partial charge in [0.05, 0.1) is 160 Å². The molecule has 0 spiro atoms. The van der Waals surface area contributed by atoms with Gasteiger partial charge in [0, 0.05) is 53.7 Å². The van der Waals surface area contributed by atoms with Crippen molar-refractivity contribution in [3.05, 3.63) is 272 Å². The Bertz CT molecular complexity index is 7620. The van der Waals surface area contributed by atoms with Gasteiger partial charge in [-0.05, 0) is 89.5 Å². The second-order valence-electron chi connectivity index (χ2n) is 28.2. The summed E-state index contributed by atoms with van der Waals surface area (Å²) in [4.78, 5) is 22.4. The zero-order valence-electron chi connectivity index (χ0n) is 68.0. The molecule has 5 aliphatic heterocycles. The average molecular weight is 1440 g/mol. The molecule has 6 aromatic carbocycles. The van der Waals surface area contributed by atoms with Crippen LogP contribution in [-0.2, 0) is 81.8 Å². The Kier molecular flexibility index (Phi) is 11.5. The van der Waals surface area contributed by atoms with Gasteiger partial charge in [0.25, 0.3) is 28.6 Å². The fraction of sp³-hybridized carbons (Fsp3) is 0.136. The van der Waals surface area contributed by atoms with E-state index >= 15 is 0 Å². The van der Waals surface area contributed by atoms with E-state index in [0.29, 0.717) is 41.0 Å². The van der Waals surface area contributed by atoms with Crippen LogP contribution >= 0.6 is 11.3 Å². The van der Waals surface area contributed by atoms with Crippen LogP contribution in [0.5, 0.6) is 0 Å². The van der Waals surface area contributed by atoms with Crippen molar-refractivity contribution in [1.29, 1.82) is 0 Å². The quantitative estimate of drug-likeness (QED) is 0.150. The molecular weight excluding hydrogens is 1360 g/mol. The molecule has 15 aromatic heterocycles. The molecule has 0 saturated heterocycles. The normalized spacial score (nSPS) is 14.5. The van der Waals surface area contributed by atoms with Gasteiger partial charge in [-0.25, -0.2) is 45.7 Å². The first kappa shape index (κ1) is 53.3. The molecule has 0 bridgehead atoms. The third-order valence-corrected chi connectivity index (χ3v) is 23.8. The van der Waals surface area contributed by atoms with Gasteiger partial charge < -0.3 is 4.42 Å². The molecule has 19 nitrogen and oxygen atoms in total. The highest BCUT2D eigenvalue weighted by molar-refractivity contribution is 7.25. The van der Waals surface area contributed by atoms with Gasteiger partial charge in [-0.15, -0.1) is 0 Å². The van der Waals surface area contributed by atoms with Crippen LogP contribution in [-0.4, -0.2) is 61.5 Å². The number of aryl methyl sites for hydroxylation is 7. The molecule has 0 N–H and O–H groups in total. The van der Waals surface area contributed by atoms with Gasteiger partial charge in [0.15, 0.2) is 27.6 Å². The molecule has 5 aliphatic rings. The van der Waals surface area contributed by atoms with Crippen molar-refractivity contribution < 1.29 is 39.6 Å². The van der Waals surface area contributed by atoms with Crippen LogP contribution in [0.3, 0.4) is 0 Å². The summed E-state index contributed by atoms with van der Waals surface area (Å²) in [7, 11) is 8.30. The number of para-hydroxylation sites is 1. The molecule has 0 unspecified atom stereocenters. The standard InChI is InChI=1S/C22H17N4.2C17H15N4.C16H12N3O.C16H12N3S/c1-24-21-17-10-6-5-7-15(17)14-25(21)20-18-11-12-23-13-19(18)26(22(20)24)16-8-3-2-4-9-16;2*1-19-14-9-18-8-7-13(14)15-17(19)20(2)16-12-6-4-3-5-11(12)10-21(15)16;2*1-18-15-11-5-3-2-4-10(11)9-19(15)14-12-6-7-17-8-13(12)20-16(14)18/h2-13H,14H2,1H3;2*3-9H,10H2,1-2H3;2*2-8H,9H2,1H3/q5*+1/i;1D3,2D3;2D3;;. The lowest BCUT2D eigenvalue weighted by Gasteiger charge is -2.03. The summed E-state index contributed by atoms with van der Waals surface area (Å²) in [5, 5.41) is 5.39. The number of thiophene rings is 1. The summed E-state index contributed by atoms with van der Waals surface area (Å²) in [6.45, 7) is -3.37. The zero-order valence-corrected chi connectivity index (χ0v) is 59.8. The van der Waals surface area contributed by atoms with Crippen molar-refractivity contribution in [2.75, 3.05) is 0 Å². The van der Waals surface area contributed by atoms with Crippen molar-refractivity contribution in [2.24, 2.45) is 49.1 Å². The molecule has 0 aliphatic carbocycles. The Morgan fingerprint density at radius 1 is 0.361 bits per heavy atom. The molecule has 520 valence electrons. The lowest BCUT2D eigenvalue weighted by Crippen LogP contribution is -2.31. The van der Waals surface area contributed by atoms with Gasteiger partial charge in [-0.2, -0.15) is 4.57 Å². The summed E-state index contributed by atoms with van der Waals surface area (Å²) in [6, 6.07) is 62.1. The molecule has 26 rings (SSSR count). The Morgan fingerprint density at radius 2 is 0.750 bits per heavy atom. The number of pyridine rings is 5. The van der Waals surface area contributed by atoms with E-state index in [2.05, 4.69) is 204 Å². The molecule has 20 heterocycles. The third kappa shape index (κ3) is 8.59. The van der Waals surface area contributed by atoms with Crippen LogP contribution in [0.1, 0.15) is 40.2 Å². The van der Waals surface area contributed by atoms with E-state index in [0.717, 1.165) is 102 Å². The summed E-state index contributed by atoms with van der Waals surface area (Å²) in [6.07, 6.45) is 17.9. The molecule has 20 heteroatoms. The van der Waals surface area contributed by atoms with E-state index in [4.69, 9.17) is 16.8 Å². The number of fused-ring (bicyclic) bond motifs is 35. The topological polar surface area (TPSA) is 136 Å². The predicted molar refractivity (Wildman–Crippen MR) is 422 cm³/mol. The number of hydrogen-bond donors (Lipinski definition) is 0. The highest BCUT2D eigenvalue weighted by Gasteiger charge is 2.41. The van der Waals surface area contributed by atoms with E-state index in [9.17, 15) is 0 Å². The first-order chi connectivity index (χ1) is 56.7. The minimum absolute atomic E-state index is 0.169. The summed E-state index contributed by atoms with van der Waals surface area (Å²) in [5.74, 6) is 5.07. The minimum Gasteiger partial charge on any atom is -0.417 e. The maximum Gasteiger partial charge on any atom is 0.339 e. The number of aromatic nitrogens is 18. The van der Waals surface area contributed by atoms with E-state index in [1.165, 1.54) is 103 Å². The van der Waals surface area contributed by atoms with Crippen LogP contribution < -0.4 is 22.8 Å². The fourth-order valence-electron chi connectivity index (χ4n) is 18.0. The molecule has 0 atom stereocenters. The predicted octanol–water partition coefficient (Wildman–Crippen LogP) is 14.3. The third-order valence-electron chi connectivity index (χ3n) is 22.6. The van der Waals surface area contributed by atoms with Crippen LogP contribution in [0.2, 0.25) is 0 Å². The zero-order chi connectivity index (χ0) is 79.6. The van der Waals surface area contributed by atoms with Crippen LogP contribution in [0.15, 0.2) is 248 Å². The Hall–Kier alpha value is -13.5. The van der Waals surface area contributed by atoms with Crippen LogP contribution in [0.25, 0.3) is 171 Å². The summed E-state index contributed by atoms with van der Waals surface area (Å²) in [5.41, 5.74) is 24.9. The molecule has 108 heavy (non-hydrogen) atoms. The van der Waals surface area contributed by atoms with Crippen molar-refractivity contribution in [1.82, 2.24) is 61.5 Å². The number of benzene rings is 6.